The number of imide groups is 1. The lowest BCUT2D eigenvalue weighted by molar-refractivity contribution is -0.384. The molecule has 0 saturated carbocycles. The number of halogens is 1. The molecular formula is C21H12BrN3O5. The van der Waals surface area contributed by atoms with Crippen molar-refractivity contribution in [1.29, 1.82) is 0 Å². The summed E-state index contributed by atoms with van der Waals surface area (Å²) in [6, 6.07) is 11.5. The minimum absolute atomic E-state index is 0.0819. The molecule has 4 aromatic rings. The van der Waals surface area contributed by atoms with Crippen molar-refractivity contribution in [2.24, 2.45) is 0 Å². The van der Waals surface area contributed by atoms with E-state index in [0.717, 1.165) is 10.9 Å². The van der Waals surface area contributed by atoms with Crippen LogP contribution in [0.1, 0.15) is 20.7 Å². The van der Waals surface area contributed by atoms with Gasteiger partial charge in [0.25, 0.3) is 17.5 Å². The van der Waals surface area contributed by atoms with Crippen molar-refractivity contribution in [3.63, 3.8) is 0 Å². The van der Waals surface area contributed by atoms with E-state index in [0.29, 0.717) is 32.3 Å². The largest absolute Gasteiger partial charge is 0.497 e. The summed E-state index contributed by atoms with van der Waals surface area (Å²) in [5.74, 6) is -0.359. The van der Waals surface area contributed by atoms with Gasteiger partial charge in [-0.05, 0) is 57.4 Å². The van der Waals surface area contributed by atoms with Crippen LogP contribution in [0.15, 0.2) is 46.9 Å². The van der Waals surface area contributed by atoms with E-state index in [1.165, 1.54) is 12.1 Å². The zero-order valence-electron chi connectivity index (χ0n) is 15.4. The molecule has 0 radical (unpaired) electrons. The van der Waals surface area contributed by atoms with Crippen LogP contribution in [0.3, 0.4) is 0 Å². The highest BCUT2D eigenvalue weighted by atomic mass is 79.9. The number of ether oxygens (including phenoxy) is 1. The molecule has 0 bridgehead atoms. The van der Waals surface area contributed by atoms with Crippen LogP contribution in [0.4, 0.5) is 5.69 Å². The number of carbonyl (C=O) groups excluding carboxylic acids is 2. The van der Waals surface area contributed by atoms with Crippen LogP contribution in [0, 0.1) is 10.1 Å². The van der Waals surface area contributed by atoms with Crippen molar-refractivity contribution < 1.29 is 19.2 Å². The average Bonchev–Trinajstić information content (AvgIpc) is 3.23. The lowest BCUT2D eigenvalue weighted by Gasteiger charge is -2.10. The molecule has 0 fully saturated rings. The fourth-order valence-electron chi connectivity index (χ4n) is 3.91. The first-order valence-corrected chi connectivity index (χ1v) is 9.64. The van der Waals surface area contributed by atoms with Gasteiger partial charge in [0.1, 0.15) is 5.75 Å². The Balaban J connectivity index is 1.88. The van der Waals surface area contributed by atoms with Crippen LogP contribution in [-0.2, 0) is 0 Å². The number of hydrogen-bond donors (Lipinski definition) is 2. The number of nitro groups is 1. The maximum absolute atomic E-state index is 12.7. The van der Waals surface area contributed by atoms with E-state index in [4.69, 9.17) is 4.74 Å². The van der Waals surface area contributed by atoms with Crippen molar-refractivity contribution in [3.8, 4) is 16.9 Å². The Kier molecular flexibility index (Phi) is 3.90. The zero-order chi connectivity index (χ0) is 21.2. The molecule has 5 rings (SSSR count). The second-order valence-corrected chi connectivity index (χ2v) is 7.69. The van der Waals surface area contributed by atoms with Gasteiger partial charge in [-0.25, -0.2) is 0 Å². The second kappa shape index (κ2) is 6.39. The lowest BCUT2D eigenvalue weighted by Crippen LogP contribution is -2.20. The van der Waals surface area contributed by atoms with E-state index in [2.05, 4.69) is 26.2 Å². The molecule has 1 aliphatic heterocycles. The summed E-state index contributed by atoms with van der Waals surface area (Å²) < 4.78 is 5.75. The predicted molar refractivity (Wildman–Crippen MR) is 114 cm³/mol. The number of benzene rings is 3. The number of nitrogens with one attached hydrogen (secondary N) is 2. The second-order valence-electron chi connectivity index (χ2n) is 6.84. The molecule has 148 valence electrons. The number of fused-ring (bicyclic) bond motifs is 5. The van der Waals surface area contributed by atoms with E-state index in [1.807, 2.05) is 12.1 Å². The SMILES string of the molecule is COc1ccc2[nH]c3cc(-c4ccc([N+](=O)[O-])cc4Br)c4c(c3c2c1)C(=O)NC4=O. The zero-order valence-corrected chi connectivity index (χ0v) is 17.0. The number of H-pyrrole nitrogens is 1. The summed E-state index contributed by atoms with van der Waals surface area (Å²) in [5.41, 5.74) is 2.97. The van der Waals surface area contributed by atoms with E-state index in [1.54, 1.807) is 25.3 Å². The van der Waals surface area contributed by atoms with Crippen molar-refractivity contribution in [2.75, 3.05) is 7.11 Å². The van der Waals surface area contributed by atoms with Crippen LogP contribution < -0.4 is 10.1 Å². The van der Waals surface area contributed by atoms with Crippen LogP contribution in [0.25, 0.3) is 32.9 Å². The fraction of sp³-hybridized carbons (Fsp3) is 0.0476. The number of hydrogen-bond acceptors (Lipinski definition) is 5. The number of aromatic nitrogens is 1. The summed E-state index contributed by atoms with van der Waals surface area (Å²) in [4.78, 5) is 39.3. The Hall–Kier alpha value is -3.72. The first-order valence-electron chi connectivity index (χ1n) is 8.85. The number of rotatable bonds is 3. The number of amides is 2. The highest BCUT2D eigenvalue weighted by molar-refractivity contribution is 9.10. The standard InChI is InChI=1S/C21H12BrN3O5/c1-30-10-3-5-15-13(7-10)17-16(23-15)8-12(18-19(17)21(27)24-20(18)26)11-4-2-9(25(28)29)6-14(11)22/h2-8,23H,1H3,(H,24,26,27). The molecule has 0 spiro atoms. The van der Waals surface area contributed by atoms with E-state index >= 15 is 0 Å². The predicted octanol–water partition coefficient (Wildman–Crippen LogP) is 4.55. The van der Waals surface area contributed by atoms with Gasteiger partial charge in [0.05, 0.1) is 23.2 Å². The van der Waals surface area contributed by atoms with Crippen LogP contribution in [0.2, 0.25) is 0 Å². The number of methoxy groups -OCH3 is 1. The average molecular weight is 466 g/mol. The van der Waals surface area contributed by atoms with E-state index in [9.17, 15) is 19.7 Å². The first kappa shape index (κ1) is 18.3. The Labute approximate surface area is 177 Å². The minimum Gasteiger partial charge on any atom is -0.497 e. The Morgan fingerprint density at radius 1 is 0.967 bits per heavy atom. The molecule has 1 aliphatic rings. The molecule has 0 atom stereocenters. The molecule has 0 unspecified atom stereocenters. The third-order valence-electron chi connectivity index (χ3n) is 5.23. The molecule has 0 aliphatic carbocycles. The van der Waals surface area contributed by atoms with Crippen LogP contribution in [0.5, 0.6) is 5.75 Å². The topological polar surface area (TPSA) is 114 Å². The van der Waals surface area contributed by atoms with E-state index in [-0.39, 0.29) is 16.8 Å². The Morgan fingerprint density at radius 3 is 2.43 bits per heavy atom. The molecule has 8 nitrogen and oxygen atoms in total. The van der Waals surface area contributed by atoms with Gasteiger partial charge in [0.15, 0.2) is 0 Å². The maximum atomic E-state index is 12.7. The van der Waals surface area contributed by atoms with E-state index < -0.39 is 16.7 Å². The van der Waals surface area contributed by atoms with Gasteiger partial charge in [0.2, 0.25) is 0 Å². The summed E-state index contributed by atoms with van der Waals surface area (Å²) in [5, 5.41) is 14.8. The summed E-state index contributed by atoms with van der Waals surface area (Å²) in [7, 11) is 1.56. The van der Waals surface area contributed by atoms with Gasteiger partial charge < -0.3 is 9.72 Å². The quantitative estimate of drug-likeness (QED) is 0.261. The van der Waals surface area contributed by atoms with Crippen LogP contribution >= 0.6 is 15.9 Å². The van der Waals surface area contributed by atoms with Gasteiger partial charge >= 0.3 is 0 Å². The Morgan fingerprint density at radius 2 is 1.73 bits per heavy atom. The normalized spacial score (nSPS) is 13.0. The summed E-state index contributed by atoms with van der Waals surface area (Å²) in [6.07, 6.45) is 0. The van der Waals surface area contributed by atoms with Gasteiger partial charge in [-0.2, -0.15) is 0 Å². The first-order chi connectivity index (χ1) is 14.4. The lowest BCUT2D eigenvalue weighted by atomic mass is 9.93. The molecule has 30 heavy (non-hydrogen) atoms. The fourth-order valence-corrected chi connectivity index (χ4v) is 4.49. The Bertz CT molecular complexity index is 1440. The van der Waals surface area contributed by atoms with Crippen molar-refractivity contribution in [1.82, 2.24) is 10.3 Å². The van der Waals surface area contributed by atoms with Gasteiger partial charge in [-0.3, -0.25) is 25.0 Å². The highest BCUT2D eigenvalue weighted by Crippen LogP contribution is 2.42. The van der Waals surface area contributed by atoms with Crippen LogP contribution in [-0.4, -0.2) is 28.8 Å². The molecule has 9 heteroatoms. The number of non-ortho nitro benzene ring substituents is 1. The number of nitrogens with zero attached hydrogens (tertiary/aromatic N) is 1. The summed E-state index contributed by atoms with van der Waals surface area (Å²) >= 11 is 3.37. The third kappa shape index (κ3) is 2.52. The molecule has 0 saturated heterocycles. The molecule has 2 heterocycles. The number of nitro benzene ring substituents is 1. The summed E-state index contributed by atoms with van der Waals surface area (Å²) in [6.45, 7) is 0. The van der Waals surface area contributed by atoms with Crippen molar-refractivity contribution >= 4 is 55.2 Å². The van der Waals surface area contributed by atoms with Gasteiger partial charge in [-0.15, -0.1) is 0 Å². The minimum atomic E-state index is -0.505. The maximum Gasteiger partial charge on any atom is 0.270 e. The molecule has 2 amide bonds. The molecule has 3 aromatic carbocycles. The molecule has 1 aromatic heterocycles. The smallest absolute Gasteiger partial charge is 0.270 e. The number of carbonyl (C=O) groups is 2. The highest BCUT2D eigenvalue weighted by Gasteiger charge is 2.34. The third-order valence-corrected chi connectivity index (χ3v) is 5.88. The molecule has 2 N–H and O–H groups in total. The monoisotopic (exact) mass is 465 g/mol. The van der Waals surface area contributed by atoms with Gasteiger partial charge in [0, 0.05) is 38.4 Å². The van der Waals surface area contributed by atoms with Crippen molar-refractivity contribution in [3.05, 3.63) is 68.2 Å². The molecular weight excluding hydrogens is 454 g/mol. The van der Waals surface area contributed by atoms with Gasteiger partial charge in [-0.1, -0.05) is 0 Å². The van der Waals surface area contributed by atoms with Crippen molar-refractivity contribution in [2.45, 2.75) is 0 Å². The number of aromatic amines is 1.